The van der Waals surface area contributed by atoms with Crippen LogP contribution >= 0.6 is 0 Å². The summed E-state index contributed by atoms with van der Waals surface area (Å²) in [4.78, 5) is 0. The van der Waals surface area contributed by atoms with Gasteiger partial charge in [0.2, 0.25) is 5.75 Å². The van der Waals surface area contributed by atoms with E-state index in [0.717, 1.165) is 12.0 Å². The number of benzene rings is 1. The average molecular weight is 269 g/mol. The average Bonchev–Trinajstić information content (AvgIpc) is 2.45. The van der Waals surface area contributed by atoms with Gasteiger partial charge in [-0.1, -0.05) is 6.92 Å². The van der Waals surface area contributed by atoms with Gasteiger partial charge in [0.1, 0.15) is 0 Å². The van der Waals surface area contributed by atoms with Crippen LogP contribution in [0.15, 0.2) is 12.1 Å². The van der Waals surface area contributed by atoms with Crippen LogP contribution in [-0.2, 0) is 6.54 Å². The first-order chi connectivity index (χ1) is 9.15. The Bertz CT molecular complexity index is 370. The number of hydrogen-bond acceptors (Lipinski definition) is 5. The lowest BCUT2D eigenvalue weighted by Crippen LogP contribution is -2.25. The van der Waals surface area contributed by atoms with Gasteiger partial charge in [-0.2, -0.15) is 0 Å². The zero-order valence-corrected chi connectivity index (χ0v) is 12.0. The number of nitrogens with one attached hydrogen (secondary N) is 1. The second-order valence-electron chi connectivity index (χ2n) is 4.23. The van der Waals surface area contributed by atoms with Crippen molar-refractivity contribution >= 4 is 0 Å². The maximum absolute atomic E-state index is 9.49. The second-order valence-corrected chi connectivity index (χ2v) is 4.23. The molecule has 0 saturated heterocycles. The molecule has 0 aliphatic heterocycles. The van der Waals surface area contributed by atoms with Crippen LogP contribution in [0.2, 0.25) is 0 Å². The molecule has 108 valence electrons. The zero-order chi connectivity index (χ0) is 14.3. The van der Waals surface area contributed by atoms with Gasteiger partial charge in [-0.25, -0.2) is 0 Å². The molecule has 5 nitrogen and oxygen atoms in total. The molecule has 1 rings (SSSR count). The van der Waals surface area contributed by atoms with Crippen LogP contribution in [0, 0.1) is 0 Å². The Kier molecular flexibility index (Phi) is 6.45. The number of aliphatic hydroxyl groups excluding tert-OH is 1. The monoisotopic (exact) mass is 269 g/mol. The molecule has 19 heavy (non-hydrogen) atoms. The molecule has 1 atom stereocenters. The van der Waals surface area contributed by atoms with Gasteiger partial charge in [0.05, 0.1) is 27.4 Å². The highest BCUT2D eigenvalue weighted by molar-refractivity contribution is 5.53. The van der Waals surface area contributed by atoms with E-state index in [9.17, 15) is 5.11 Å². The van der Waals surface area contributed by atoms with Crippen LogP contribution < -0.4 is 19.5 Å². The minimum absolute atomic E-state index is 0.318. The standard InChI is InChI=1S/C14H23NO4/c1-5-11(16)9-15-8-10-6-12(17-2)14(19-4)13(7-10)18-3/h6-7,11,15-16H,5,8-9H2,1-4H3. The summed E-state index contributed by atoms with van der Waals surface area (Å²) in [7, 11) is 4.76. The number of hydrogen-bond donors (Lipinski definition) is 2. The summed E-state index contributed by atoms with van der Waals surface area (Å²) in [6, 6.07) is 3.79. The van der Waals surface area contributed by atoms with E-state index >= 15 is 0 Å². The van der Waals surface area contributed by atoms with Crippen molar-refractivity contribution in [2.24, 2.45) is 0 Å². The molecule has 0 heterocycles. The van der Waals surface area contributed by atoms with E-state index in [-0.39, 0.29) is 6.10 Å². The van der Waals surface area contributed by atoms with Gasteiger partial charge in [-0.15, -0.1) is 0 Å². The molecule has 0 aliphatic carbocycles. The molecule has 1 aromatic carbocycles. The fraction of sp³-hybridized carbons (Fsp3) is 0.571. The first-order valence-electron chi connectivity index (χ1n) is 6.33. The van der Waals surface area contributed by atoms with Crippen LogP contribution in [0.25, 0.3) is 0 Å². The maximum atomic E-state index is 9.49. The van der Waals surface area contributed by atoms with Crippen LogP contribution in [0.3, 0.4) is 0 Å². The van der Waals surface area contributed by atoms with Crippen LogP contribution in [0.4, 0.5) is 0 Å². The molecule has 0 aromatic heterocycles. The van der Waals surface area contributed by atoms with Crippen molar-refractivity contribution in [2.45, 2.75) is 26.0 Å². The van der Waals surface area contributed by atoms with Crippen LogP contribution in [0.5, 0.6) is 17.2 Å². The molecule has 0 saturated carbocycles. The van der Waals surface area contributed by atoms with Gasteiger partial charge in [-0.05, 0) is 24.1 Å². The lowest BCUT2D eigenvalue weighted by molar-refractivity contribution is 0.167. The van der Waals surface area contributed by atoms with Gasteiger partial charge in [0.15, 0.2) is 11.5 Å². The fourth-order valence-corrected chi connectivity index (χ4v) is 1.76. The summed E-state index contributed by atoms with van der Waals surface area (Å²) < 4.78 is 15.8. The van der Waals surface area contributed by atoms with Crippen molar-refractivity contribution in [2.75, 3.05) is 27.9 Å². The van der Waals surface area contributed by atoms with E-state index in [1.165, 1.54) is 0 Å². The van der Waals surface area contributed by atoms with E-state index < -0.39 is 0 Å². The third-order valence-electron chi connectivity index (χ3n) is 2.90. The largest absolute Gasteiger partial charge is 0.493 e. The highest BCUT2D eigenvalue weighted by Crippen LogP contribution is 2.38. The molecule has 0 bridgehead atoms. The Balaban J connectivity index is 2.79. The normalized spacial score (nSPS) is 12.1. The third-order valence-corrected chi connectivity index (χ3v) is 2.90. The van der Waals surface area contributed by atoms with Crippen molar-refractivity contribution in [1.82, 2.24) is 5.32 Å². The highest BCUT2D eigenvalue weighted by Gasteiger charge is 2.13. The minimum Gasteiger partial charge on any atom is -0.493 e. The smallest absolute Gasteiger partial charge is 0.203 e. The molecule has 0 fully saturated rings. The molecular weight excluding hydrogens is 246 g/mol. The van der Waals surface area contributed by atoms with Gasteiger partial charge in [-0.3, -0.25) is 0 Å². The molecule has 0 amide bonds. The highest BCUT2D eigenvalue weighted by atomic mass is 16.5. The summed E-state index contributed by atoms with van der Waals surface area (Å²) in [5.41, 5.74) is 1.01. The molecule has 5 heteroatoms. The SMILES string of the molecule is CCC(O)CNCc1cc(OC)c(OC)c(OC)c1. The quantitative estimate of drug-likeness (QED) is 0.750. The zero-order valence-electron chi connectivity index (χ0n) is 12.0. The summed E-state index contributed by atoms with van der Waals surface area (Å²) in [6.45, 7) is 3.15. The Hall–Kier alpha value is -1.46. The lowest BCUT2D eigenvalue weighted by Gasteiger charge is -2.15. The van der Waals surface area contributed by atoms with Crippen molar-refractivity contribution in [3.63, 3.8) is 0 Å². The van der Waals surface area contributed by atoms with Crippen molar-refractivity contribution in [3.8, 4) is 17.2 Å². The lowest BCUT2D eigenvalue weighted by atomic mass is 10.1. The Morgan fingerprint density at radius 1 is 1.11 bits per heavy atom. The summed E-state index contributed by atoms with van der Waals surface area (Å²) in [5.74, 6) is 1.85. The predicted octanol–water partition coefficient (Wildman–Crippen LogP) is 1.57. The van der Waals surface area contributed by atoms with E-state index in [1.807, 2.05) is 19.1 Å². The van der Waals surface area contributed by atoms with Crippen molar-refractivity contribution in [3.05, 3.63) is 17.7 Å². The molecule has 1 aromatic rings. The fourth-order valence-electron chi connectivity index (χ4n) is 1.76. The van der Waals surface area contributed by atoms with Crippen LogP contribution in [-0.4, -0.2) is 39.1 Å². The van der Waals surface area contributed by atoms with Crippen LogP contribution in [0.1, 0.15) is 18.9 Å². The first kappa shape index (κ1) is 15.6. The topological polar surface area (TPSA) is 60.0 Å². The summed E-state index contributed by atoms with van der Waals surface area (Å²) in [5, 5.41) is 12.7. The number of rotatable bonds is 8. The molecular formula is C14H23NO4. The Morgan fingerprint density at radius 2 is 1.68 bits per heavy atom. The third kappa shape index (κ3) is 4.29. The molecule has 0 radical (unpaired) electrons. The summed E-state index contributed by atoms with van der Waals surface area (Å²) in [6.07, 6.45) is 0.421. The van der Waals surface area contributed by atoms with E-state index in [1.54, 1.807) is 21.3 Å². The number of aliphatic hydroxyl groups is 1. The van der Waals surface area contributed by atoms with E-state index in [0.29, 0.717) is 30.3 Å². The maximum Gasteiger partial charge on any atom is 0.203 e. The van der Waals surface area contributed by atoms with Gasteiger partial charge in [0.25, 0.3) is 0 Å². The molecule has 2 N–H and O–H groups in total. The molecule has 0 aliphatic rings. The minimum atomic E-state index is -0.318. The van der Waals surface area contributed by atoms with E-state index in [2.05, 4.69) is 5.32 Å². The van der Waals surface area contributed by atoms with E-state index in [4.69, 9.17) is 14.2 Å². The number of methoxy groups -OCH3 is 3. The van der Waals surface area contributed by atoms with Gasteiger partial charge < -0.3 is 24.6 Å². The van der Waals surface area contributed by atoms with Crippen molar-refractivity contribution in [1.29, 1.82) is 0 Å². The van der Waals surface area contributed by atoms with Gasteiger partial charge >= 0.3 is 0 Å². The van der Waals surface area contributed by atoms with Crippen molar-refractivity contribution < 1.29 is 19.3 Å². The predicted molar refractivity (Wildman–Crippen MR) is 74.1 cm³/mol. The first-order valence-corrected chi connectivity index (χ1v) is 6.33. The van der Waals surface area contributed by atoms with Gasteiger partial charge in [0, 0.05) is 13.1 Å². The Morgan fingerprint density at radius 3 is 2.11 bits per heavy atom. The Labute approximate surface area is 114 Å². The molecule has 1 unspecified atom stereocenters. The molecule has 0 spiro atoms. The summed E-state index contributed by atoms with van der Waals surface area (Å²) >= 11 is 0. The number of ether oxygens (including phenoxy) is 3. The second kappa shape index (κ2) is 7.86.